The van der Waals surface area contributed by atoms with Crippen molar-refractivity contribution in [3.63, 3.8) is 0 Å². The molecule has 1 heterocycles. The predicted octanol–water partition coefficient (Wildman–Crippen LogP) is 2.15. The van der Waals surface area contributed by atoms with E-state index in [1.807, 2.05) is 36.4 Å². The lowest BCUT2D eigenvalue weighted by atomic mass is 9.96. The van der Waals surface area contributed by atoms with Gasteiger partial charge >= 0.3 is 6.03 Å². The fraction of sp³-hybridized carbons (Fsp3) is 0.333. The third-order valence-corrected chi connectivity index (χ3v) is 4.59. The highest BCUT2D eigenvalue weighted by molar-refractivity contribution is 5.89. The summed E-state index contributed by atoms with van der Waals surface area (Å²) >= 11 is 0. The maximum atomic E-state index is 12.1. The van der Waals surface area contributed by atoms with Crippen molar-refractivity contribution >= 4 is 17.6 Å². The van der Waals surface area contributed by atoms with Gasteiger partial charge in [-0.15, -0.1) is 0 Å². The minimum absolute atomic E-state index is 0.00975. The average Bonchev–Trinajstić information content (AvgIpc) is 2.66. The Hall–Kier alpha value is -3.06. The molecule has 1 aliphatic heterocycles. The van der Waals surface area contributed by atoms with Crippen molar-refractivity contribution in [2.45, 2.75) is 25.5 Å². The number of benzene rings is 2. The molecule has 3 rings (SSSR count). The van der Waals surface area contributed by atoms with Gasteiger partial charge in [-0.1, -0.05) is 24.3 Å². The third kappa shape index (κ3) is 5.23. The molecule has 0 unspecified atom stereocenters. The summed E-state index contributed by atoms with van der Waals surface area (Å²) in [6.45, 7) is 2.87. The summed E-state index contributed by atoms with van der Waals surface area (Å²) in [7, 11) is 1.61. The Morgan fingerprint density at radius 1 is 1.07 bits per heavy atom. The van der Waals surface area contributed by atoms with E-state index < -0.39 is 5.60 Å². The van der Waals surface area contributed by atoms with Gasteiger partial charge in [-0.2, -0.15) is 0 Å². The lowest BCUT2D eigenvalue weighted by Gasteiger charge is -2.44. The van der Waals surface area contributed by atoms with Crippen LogP contribution in [-0.2, 0) is 17.8 Å². The third-order valence-electron chi connectivity index (χ3n) is 4.59. The molecule has 3 N–H and O–H groups in total. The Morgan fingerprint density at radius 3 is 2.25 bits per heavy atom. The number of ether oxygens (including phenoxy) is 1. The van der Waals surface area contributed by atoms with Crippen molar-refractivity contribution in [3.8, 4) is 5.75 Å². The standard InChI is InChI=1S/C21H25N3O4/c1-21(27)13-24(14-21)19(25)11-15-3-7-17(8-4-15)23-20(26)22-12-16-5-9-18(28-2)10-6-16/h3-10,27H,11-14H2,1-2H3,(H2,22,23,26). The van der Waals surface area contributed by atoms with Gasteiger partial charge in [-0.3, -0.25) is 4.79 Å². The molecule has 148 valence electrons. The molecule has 0 saturated carbocycles. The number of β-amino-alcohol motifs (C(OH)–C–C–N with tert-alkyl or cyclic N) is 1. The Labute approximate surface area is 164 Å². The van der Waals surface area contributed by atoms with Crippen LogP contribution in [0.25, 0.3) is 0 Å². The van der Waals surface area contributed by atoms with Crippen LogP contribution in [0.5, 0.6) is 5.75 Å². The monoisotopic (exact) mass is 383 g/mol. The van der Waals surface area contributed by atoms with Crippen molar-refractivity contribution in [2.24, 2.45) is 0 Å². The fourth-order valence-corrected chi connectivity index (χ4v) is 3.05. The molecule has 0 spiro atoms. The summed E-state index contributed by atoms with van der Waals surface area (Å²) in [5.74, 6) is 0.760. The van der Waals surface area contributed by atoms with Gasteiger partial charge in [-0.05, 0) is 42.3 Å². The Morgan fingerprint density at radius 2 is 1.68 bits per heavy atom. The van der Waals surface area contributed by atoms with Gasteiger partial charge in [0.1, 0.15) is 5.75 Å². The molecule has 0 atom stereocenters. The number of hydrogen-bond donors (Lipinski definition) is 3. The molecular weight excluding hydrogens is 358 g/mol. The molecule has 0 bridgehead atoms. The molecule has 2 aromatic rings. The second kappa shape index (κ2) is 8.31. The van der Waals surface area contributed by atoms with Gasteiger partial charge in [0.25, 0.3) is 0 Å². The molecule has 0 aliphatic carbocycles. The zero-order chi connectivity index (χ0) is 20.1. The van der Waals surface area contributed by atoms with Crippen molar-refractivity contribution < 1.29 is 19.4 Å². The number of likely N-dealkylation sites (tertiary alicyclic amines) is 1. The Bertz CT molecular complexity index is 824. The van der Waals surface area contributed by atoms with Crippen molar-refractivity contribution in [3.05, 3.63) is 59.7 Å². The van der Waals surface area contributed by atoms with Crippen LogP contribution in [0.1, 0.15) is 18.1 Å². The van der Waals surface area contributed by atoms with Gasteiger partial charge in [0, 0.05) is 12.2 Å². The summed E-state index contributed by atoms with van der Waals surface area (Å²) in [6, 6.07) is 14.3. The van der Waals surface area contributed by atoms with Gasteiger partial charge in [0.05, 0.1) is 32.2 Å². The van der Waals surface area contributed by atoms with E-state index >= 15 is 0 Å². The van der Waals surface area contributed by atoms with E-state index in [0.717, 1.165) is 16.9 Å². The predicted molar refractivity (Wildman–Crippen MR) is 106 cm³/mol. The number of anilines is 1. The van der Waals surface area contributed by atoms with Crippen LogP contribution >= 0.6 is 0 Å². The summed E-state index contributed by atoms with van der Waals surface area (Å²) in [6.07, 6.45) is 0.278. The van der Waals surface area contributed by atoms with Gasteiger partial charge < -0.3 is 25.4 Å². The molecular formula is C21H25N3O4. The van der Waals surface area contributed by atoms with E-state index in [0.29, 0.717) is 25.3 Å². The van der Waals surface area contributed by atoms with Crippen LogP contribution in [-0.4, -0.2) is 47.7 Å². The quantitative estimate of drug-likeness (QED) is 0.713. The molecule has 28 heavy (non-hydrogen) atoms. The largest absolute Gasteiger partial charge is 0.497 e. The Balaban J connectivity index is 1.44. The summed E-state index contributed by atoms with van der Waals surface area (Å²) in [5, 5.41) is 15.3. The number of carbonyl (C=O) groups is 2. The van der Waals surface area contributed by atoms with Crippen LogP contribution in [0.15, 0.2) is 48.5 Å². The zero-order valence-electron chi connectivity index (χ0n) is 16.1. The van der Waals surface area contributed by atoms with Crippen LogP contribution in [0.2, 0.25) is 0 Å². The number of methoxy groups -OCH3 is 1. The number of nitrogens with one attached hydrogen (secondary N) is 2. The minimum Gasteiger partial charge on any atom is -0.497 e. The van der Waals surface area contributed by atoms with Crippen LogP contribution in [0, 0.1) is 0 Å². The van der Waals surface area contributed by atoms with E-state index in [9.17, 15) is 14.7 Å². The van der Waals surface area contributed by atoms with Crippen LogP contribution < -0.4 is 15.4 Å². The molecule has 0 aromatic heterocycles. The fourth-order valence-electron chi connectivity index (χ4n) is 3.05. The van der Waals surface area contributed by atoms with E-state index in [2.05, 4.69) is 10.6 Å². The van der Waals surface area contributed by atoms with Crippen molar-refractivity contribution in [2.75, 3.05) is 25.5 Å². The highest BCUT2D eigenvalue weighted by atomic mass is 16.5. The van der Waals surface area contributed by atoms with Gasteiger partial charge in [0.2, 0.25) is 5.91 Å². The second-order valence-electron chi connectivity index (χ2n) is 7.28. The molecule has 2 aromatic carbocycles. The van der Waals surface area contributed by atoms with E-state index in [1.165, 1.54) is 0 Å². The zero-order valence-corrected chi connectivity index (χ0v) is 16.1. The number of carbonyl (C=O) groups excluding carboxylic acids is 2. The first kappa shape index (κ1) is 19.7. The maximum Gasteiger partial charge on any atom is 0.319 e. The SMILES string of the molecule is COc1ccc(CNC(=O)Nc2ccc(CC(=O)N3CC(C)(O)C3)cc2)cc1. The van der Waals surface area contributed by atoms with Crippen LogP contribution in [0.3, 0.4) is 0 Å². The highest BCUT2D eigenvalue weighted by Crippen LogP contribution is 2.21. The van der Waals surface area contributed by atoms with Gasteiger partial charge in [-0.25, -0.2) is 4.79 Å². The summed E-state index contributed by atoms with van der Waals surface area (Å²) in [5.41, 5.74) is 1.72. The molecule has 0 radical (unpaired) electrons. The number of urea groups is 1. The number of rotatable bonds is 6. The summed E-state index contributed by atoms with van der Waals surface area (Å²) < 4.78 is 5.10. The maximum absolute atomic E-state index is 12.1. The molecule has 3 amide bonds. The molecule has 7 nitrogen and oxygen atoms in total. The smallest absolute Gasteiger partial charge is 0.319 e. The van der Waals surface area contributed by atoms with Crippen molar-refractivity contribution in [1.82, 2.24) is 10.2 Å². The van der Waals surface area contributed by atoms with E-state index in [-0.39, 0.29) is 18.4 Å². The van der Waals surface area contributed by atoms with E-state index in [4.69, 9.17) is 4.74 Å². The summed E-state index contributed by atoms with van der Waals surface area (Å²) in [4.78, 5) is 25.8. The molecule has 1 saturated heterocycles. The topological polar surface area (TPSA) is 90.9 Å². The lowest BCUT2D eigenvalue weighted by molar-refractivity contribution is -0.151. The molecule has 1 aliphatic rings. The second-order valence-corrected chi connectivity index (χ2v) is 7.28. The normalized spacial score (nSPS) is 14.8. The minimum atomic E-state index is -0.761. The molecule has 1 fully saturated rings. The highest BCUT2D eigenvalue weighted by Gasteiger charge is 2.38. The number of hydrogen-bond acceptors (Lipinski definition) is 4. The van der Waals surface area contributed by atoms with Crippen LogP contribution in [0.4, 0.5) is 10.5 Å². The molecule has 7 heteroatoms. The van der Waals surface area contributed by atoms with Crippen molar-refractivity contribution in [1.29, 1.82) is 0 Å². The first-order valence-corrected chi connectivity index (χ1v) is 9.11. The van der Waals surface area contributed by atoms with Gasteiger partial charge in [0.15, 0.2) is 0 Å². The number of aliphatic hydroxyl groups is 1. The number of amides is 3. The average molecular weight is 383 g/mol. The first-order valence-electron chi connectivity index (χ1n) is 9.11. The first-order chi connectivity index (χ1) is 13.3. The lowest BCUT2D eigenvalue weighted by Crippen LogP contribution is -2.62. The number of nitrogens with zero attached hydrogens (tertiary/aromatic N) is 1. The Kier molecular flexibility index (Phi) is 5.84. The van der Waals surface area contributed by atoms with E-state index in [1.54, 1.807) is 31.1 Å².